The van der Waals surface area contributed by atoms with Crippen molar-refractivity contribution >= 4 is 16.3 Å². The van der Waals surface area contributed by atoms with E-state index in [2.05, 4.69) is 23.3 Å². The third kappa shape index (κ3) is 34.1. The van der Waals surface area contributed by atoms with Gasteiger partial charge in [0.15, 0.2) is 6.29 Å². The first kappa shape index (κ1) is 62.1. The van der Waals surface area contributed by atoms with Gasteiger partial charge in [0.25, 0.3) is 0 Å². The van der Waals surface area contributed by atoms with Crippen LogP contribution in [0.25, 0.3) is 0 Å². The first-order valence-electron chi connectivity index (χ1n) is 27.0. The maximum atomic E-state index is 13.2. The Morgan fingerprint density at radius 3 is 1.23 bits per heavy atom. The van der Waals surface area contributed by atoms with E-state index >= 15 is 0 Å². The molecule has 8 unspecified atom stereocenters. The molecule has 1 fully saturated rings. The van der Waals surface area contributed by atoms with E-state index in [-0.39, 0.29) is 6.42 Å². The molecular formula is C51H101NO12S. The van der Waals surface area contributed by atoms with Crippen molar-refractivity contribution in [2.75, 3.05) is 13.2 Å². The van der Waals surface area contributed by atoms with Crippen molar-refractivity contribution < 1.29 is 57.0 Å². The second kappa shape index (κ2) is 42.0. The Morgan fingerprint density at radius 2 is 0.892 bits per heavy atom. The Hall–Kier alpha value is -0.940. The topological polar surface area (TPSA) is 212 Å². The minimum atomic E-state index is -5.11. The zero-order valence-corrected chi connectivity index (χ0v) is 42.3. The summed E-state index contributed by atoms with van der Waals surface area (Å²) in [5, 5.41) is 55.6. The number of ether oxygens (including phenoxy) is 2. The van der Waals surface area contributed by atoms with Gasteiger partial charge in [-0.25, -0.2) is 4.18 Å². The Balaban J connectivity index is 2.45. The predicted octanol–water partition coefficient (Wildman–Crippen LogP) is 10.7. The average Bonchev–Trinajstić information content (AvgIpc) is 3.28. The molecular weight excluding hydrogens is 851 g/mol. The van der Waals surface area contributed by atoms with E-state index in [9.17, 15) is 43.3 Å². The van der Waals surface area contributed by atoms with E-state index in [1.54, 1.807) is 0 Å². The summed E-state index contributed by atoms with van der Waals surface area (Å²) in [6.07, 6.45) is 34.2. The van der Waals surface area contributed by atoms with Gasteiger partial charge in [0.05, 0.1) is 25.4 Å². The van der Waals surface area contributed by atoms with Crippen LogP contribution in [-0.2, 0) is 28.9 Å². The van der Waals surface area contributed by atoms with E-state index < -0.39 is 78.5 Å². The maximum Gasteiger partial charge on any atom is 0.397 e. The number of aliphatic hydroxyl groups excluding tert-OH is 5. The molecule has 65 heavy (non-hydrogen) atoms. The van der Waals surface area contributed by atoms with Crippen LogP contribution in [0.1, 0.15) is 258 Å². The zero-order chi connectivity index (χ0) is 47.8. The smallest absolute Gasteiger partial charge is 0.394 e. The summed E-state index contributed by atoms with van der Waals surface area (Å²) in [5.41, 5.74) is 0. The molecule has 0 spiro atoms. The summed E-state index contributed by atoms with van der Waals surface area (Å²) >= 11 is 0. The molecule has 1 aliphatic heterocycles. The summed E-state index contributed by atoms with van der Waals surface area (Å²) in [6.45, 7) is 3.32. The molecule has 388 valence electrons. The highest BCUT2D eigenvalue weighted by Gasteiger charge is 2.48. The Kier molecular flexibility index (Phi) is 40.1. The minimum Gasteiger partial charge on any atom is -0.394 e. The lowest BCUT2D eigenvalue weighted by atomic mass is 9.99. The Bertz CT molecular complexity index is 1180. The van der Waals surface area contributed by atoms with Gasteiger partial charge in [0.2, 0.25) is 5.91 Å². The van der Waals surface area contributed by atoms with E-state index in [4.69, 9.17) is 9.47 Å². The van der Waals surface area contributed by atoms with Gasteiger partial charge in [-0.2, -0.15) is 8.42 Å². The molecule has 0 radical (unpaired) electrons. The highest BCUT2D eigenvalue weighted by atomic mass is 32.3. The molecule has 8 atom stereocenters. The third-order valence-corrected chi connectivity index (χ3v) is 13.7. The van der Waals surface area contributed by atoms with Gasteiger partial charge < -0.3 is 40.3 Å². The fourth-order valence-corrected chi connectivity index (χ4v) is 9.51. The van der Waals surface area contributed by atoms with Crippen molar-refractivity contribution in [2.45, 2.75) is 307 Å². The van der Waals surface area contributed by atoms with Crippen molar-refractivity contribution in [3.8, 4) is 0 Å². The van der Waals surface area contributed by atoms with Crippen molar-refractivity contribution in [2.24, 2.45) is 0 Å². The fraction of sp³-hybridized carbons (Fsp3) is 0.980. The second-order valence-corrected chi connectivity index (χ2v) is 20.4. The second-order valence-electron chi connectivity index (χ2n) is 19.3. The van der Waals surface area contributed by atoms with E-state index in [0.29, 0.717) is 19.3 Å². The Morgan fingerprint density at radius 1 is 0.554 bits per heavy atom. The number of hydrogen-bond donors (Lipinski definition) is 7. The lowest BCUT2D eigenvalue weighted by Crippen LogP contribution is -2.61. The number of rotatable bonds is 47. The van der Waals surface area contributed by atoms with Crippen LogP contribution in [0.4, 0.5) is 0 Å². The van der Waals surface area contributed by atoms with Crippen molar-refractivity contribution in [1.82, 2.24) is 5.32 Å². The lowest BCUT2D eigenvalue weighted by Gasteiger charge is -2.41. The number of nitrogens with one attached hydrogen (secondary N) is 1. The molecule has 1 rings (SSSR count). The van der Waals surface area contributed by atoms with Crippen LogP contribution in [-0.4, -0.2) is 107 Å². The standard InChI is InChI=1S/C51H101NO12S/c1-3-5-7-9-11-13-15-17-19-21-22-23-24-26-27-29-31-33-35-37-39-44(54)43(42-62-51-48(57)49(64-65(59,60)61)47(56)46(41-53)63-51)52-50(58)45(55)40-38-36-34-32-30-28-25-20-18-16-14-12-10-8-6-4-2/h43-49,51,53-57H,3-42H2,1-2H3,(H,52,58)(H,59,60,61). The largest absolute Gasteiger partial charge is 0.397 e. The van der Waals surface area contributed by atoms with Gasteiger partial charge in [0, 0.05) is 0 Å². The summed E-state index contributed by atoms with van der Waals surface area (Å²) in [7, 11) is -5.11. The number of carbonyl (C=O) groups excluding carboxylic acids is 1. The zero-order valence-electron chi connectivity index (χ0n) is 41.4. The van der Waals surface area contributed by atoms with Crippen LogP contribution < -0.4 is 5.32 Å². The number of hydrogen-bond acceptors (Lipinski definition) is 11. The molecule has 14 heteroatoms. The molecule has 0 aliphatic carbocycles. The monoisotopic (exact) mass is 952 g/mol. The van der Waals surface area contributed by atoms with Gasteiger partial charge in [-0.05, 0) is 12.8 Å². The van der Waals surface area contributed by atoms with Crippen LogP contribution in [0.5, 0.6) is 0 Å². The van der Waals surface area contributed by atoms with Gasteiger partial charge in [-0.1, -0.05) is 245 Å². The molecule has 13 nitrogen and oxygen atoms in total. The molecule has 0 aromatic carbocycles. The van der Waals surface area contributed by atoms with Gasteiger partial charge in [-0.3, -0.25) is 9.35 Å². The van der Waals surface area contributed by atoms with Crippen LogP contribution in [0.3, 0.4) is 0 Å². The van der Waals surface area contributed by atoms with Crippen molar-refractivity contribution in [3.05, 3.63) is 0 Å². The molecule has 0 bridgehead atoms. The summed E-state index contributed by atoms with van der Waals surface area (Å²) < 4.78 is 47.7. The van der Waals surface area contributed by atoms with E-state index in [1.165, 1.54) is 180 Å². The average molecular weight is 952 g/mol. The molecule has 1 heterocycles. The van der Waals surface area contributed by atoms with E-state index in [0.717, 1.165) is 38.5 Å². The van der Waals surface area contributed by atoms with E-state index in [1.807, 2.05) is 0 Å². The van der Waals surface area contributed by atoms with Crippen LogP contribution in [0, 0.1) is 0 Å². The first-order valence-corrected chi connectivity index (χ1v) is 28.4. The third-order valence-electron chi connectivity index (χ3n) is 13.3. The van der Waals surface area contributed by atoms with Crippen LogP contribution in [0.15, 0.2) is 0 Å². The van der Waals surface area contributed by atoms with Gasteiger partial charge in [0.1, 0.15) is 30.5 Å². The molecule has 0 aromatic heterocycles. The predicted molar refractivity (Wildman–Crippen MR) is 261 cm³/mol. The minimum absolute atomic E-state index is 0.266. The SMILES string of the molecule is CCCCCCCCCCCCCCCCCCCCCCC(O)C(COC1OC(CO)C(O)C(OS(=O)(=O)O)C1O)NC(=O)C(O)CCCCCCCCCCCCCCCCCC. The molecule has 1 saturated heterocycles. The molecule has 7 N–H and O–H groups in total. The maximum absolute atomic E-state index is 13.2. The highest BCUT2D eigenvalue weighted by Crippen LogP contribution is 2.26. The van der Waals surface area contributed by atoms with Gasteiger partial charge >= 0.3 is 10.4 Å². The summed E-state index contributed by atoms with van der Waals surface area (Å²) in [5.74, 6) is -0.663. The first-order chi connectivity index (χ1) is 31.4. The van der Waals surface area contributed by atoms with Crippen LogP contribution >= 0.6 is 0 Å². The number of carbonyl (C=O) groups is 1. The van der Waals surface area contributed by atoms with Crippen molar-refractivity contribution in [1.29, 1.82) is 0 Å². The normalized spacial score (nSPS) is 20.5. The number of aliphatic hydroxyl groups is 5. The lowest BCUT2D eigenvalue weighted by molar-refractivity contribution is -0.298. The molecule has 0 aromatic rings. The van der Waals surface area contributed by atoms with Gasteiger partial charge in [-0.15, -0.1) is 0 Å². The van der Waals surface area contributed by atoms with Crippen molar-refractivity contribution in [3.63, 3.8) is 0 Å². The number of unbranched alkanes of at least 4 members (excludes halogenated alkanes) is 34. The quantitative estimate of drug-likeness (QED) is 0.0224. The highest BCUT2D eigenvalue weighted by molar-refractivity contribution is 7.80. The number of amides is 1. The summed E-state index contributed by atoms with van der Waals surface area (Å²) in [6, 6.07) is -1.03. The Labute approximate surface area is 397 Å². The van der Waals surface area contributed by atoms with Crippen LogP contribution in [0.2, 0.25) is 0 Å². The molecule has 1 amide bonds. The summed E-state index contributed by atoms with van der Waals surface area (Å²) in [4.78, 5) is 13.2. The fourth-order valence-electron chi connectivity index (χ4n) is 9.00. The molecule has 1 aliphatic rings. The molecule has 0 saturated carbocycles.